The van der Waals surface area contributed by atoms with Crippen LogP contribution in [0, 0.1) is 0 Å². The molecular formula is C18H18F3NO2. The van der Waals surface area contributed by atoms with Gasteiger partial charge in [-0.2, -0.15) is 13.2 Å². The van der Waals surface area contributed by atoms with E-state index in [1.54, 1.807) is 36.4 Å². The molecule has 3 nitrogen and oxygen atoms in total. The van der Waals surface area contributed by atoms with Gasteiger partial charge in [-0.1, -0.05) is 48.5 Å². The van der Waals surface area contributed by atoms with Crippen molar-refractivity contribution >= 4 is 11.6 Å². The van der Waals surface area contributed by atoms with E-state index in [-0.39, 0.29) is 17.7 Å². The molecule has 1 amide bonds. The van der Waals surface area contributed by atoms with Gasteiger partial charge < -0.3 is 10.4 Å². The number of para-hydroxylation sites is 1. The molecule has 0 saturated heterocycles. The number of amides is 1. The smallest absolute Gasteiger partial charge is 0.385 e. The van der Waals surface area contributed by atoms with Crippen LogP contribution < -0.4 is 5.32 Å². The second-order valence-corrected chi connectivity index (χ2v) is 5.81. The molecule has 0 aliphatic rings. The highest BCUT2D eigenvalue weighted by Gasteiger charge is 2.30. The van der Waals surface area contributed by atoms with Gasteiger partial charge in [-0.15, -0.1) is 0 Å². The van der Waals surface area contributed by atoms with Crippen molar-refractivity contribution in [2.45, 2.75) is 31.5 Å². The van der Waals surface area contributed by atoms with Gasteiger partial charge in [0.2, 0.25) is 5.91 Å². The van der Waals surface area contributed by atoms with Gasteiger partial charge >= 0.3 is 6.18 Å². The number of hydrogen-bond donors (Lipinski definition) is 2. The molecule has 0 bridgehead atoms. The topological polar surface area (TPSA) is 49.3 Å². The van der Waals surface area contributed by atoms with E-state index in [4.69, 9.17) is 0 Å². The zero-order chi connectivity index (χ0) is 17.8. The Morgan fingerprint density at radius 1 is 1.04 bits per heavy atom. The van der Waals surface area contributed by atoms with Gasteiger partial charge in [0, 0.05) is 5.69 Å². The maximum Gasteiger partial charge on any atom is 0.393 e. The van der Waals surface area contributed by atoms with Crippen molar-refractivity contribution in [1.82, 2.24) is 0 Å². The summed E-state index contributed by atoms with van der Waals surface area (Å²) in [6.07, 6.45) is -5.76. The van der Waals surface area contributed by atoms with Crippen LogP contribution in [0.25, 0.3) is 0 Å². The van der Waals surface area contributed by atoms with Crippen LogP contribution in [0.4, 0.5) is 18.9 Å². The van der Waals surface area contributed by atoms with Gasteiger partial charge in [0.25, 0.3) is 0 Å². The standard InChI is InChI=1S/C18H18F3NO2/c1-17(24,14-8-3-2-4-9-14)12-16(23)22-15-10-6-5-7-13(15)11-18(19,20)21/h2-10,24H,11-12H2,1H3,(H,22,23). The predicted octanol–water partition coefficient (Wildman–Crippen LogP) is 4.03. The average molecular weight is 337 g/mol. The number of carbonyl (C=O) groups is 1. The molecule has 0 aromatic heterocycles. The minimum Gasteiger partial charge on any atom is -0.385 e. The van der Waals surface area contributed by atoms with E-state index in [1.807, 2.05) is 0 Å². The maximum atomic E-state index is 12.6. The van der Waals surface area contributed by atoms with Crippen molar-refractivity contribution in [1.29, 1.82) is 0 Å². The van der Waals surface area contributed by atoms with Gasteiger partial charge in [-0.25, -0.2) is 0 Å². The molecule has 0 aliphatic heterocycles. The first-order chi connectivity index (χ1) is 11.2. The average Bonchev–Trinajstić information content (AvgIpc) is 2.48. The summed E-state index contributed by atoms with van der Waals surface area (Å²) in [5.74, 6) is -0.557. The highest BCUT2D eigenvalue weighted by molar-refractivity contribution is 5.92. The van der Waals surface area contributed by atoms with E-state index >= 15 is 0 Å². The third-order valence-corrected chi connectivity index (χ3v) is 3.58. The number of alkyl halides is 3. The maximum absolute atomic E-state index is 12.6. The van der Waals surface area contributed by atoms with E-state index < -0.39 is 24.1 Å². The predicted molar refractivity (Wildman–Crippen MR) is 85.5 cm³/mol. The van der Waals surface area contributed by atoms with Crippen molar-refractivity contribution < 1.29 is 23.1 Å². The molecule has 1 unspecified atom stereocenters. The zero-order valence-corrected chi connectivity index (χ0v) is 13.1. The fourth-order valence-electron chi connectivity index (χ4n) is 2.42. The molecule has 2 N–H and O–H groups in total. The molecule has 2 aromatic rings. The third kappa shape index (κ3) is 5.09. The lowest BCUT2D eigenvalue weighted by Crippen LogP contribution is -2.28. The Bertz CT molecular complexity index is 697. The Morgan fingerprint density at radius 2 is 1.62 bits per heavy atom. The molecule has 24 heavy (non-hydrogen) atoms. The number of rotatable bonds is 5. The highest BCUT2D eigenvalue weighted by Crippen LogP contribution is 2.28. The molecule has 6 heteroatoms. The molecule has 2 rings (SSSR count). The quantitative estimate of drug-likeness (QED) is 0.865. The summed E-state index contributed by atoms with van der Waals surface area (Å²) in [5.41, 5.74) is -0.769. The summed E-state index contributed by atoms with van der Waals surface area (Å²) in [6, 6.07) is 14.4. The first-order valence-electron chi connectivity index (χ1n) is 7.40. The molecule has 0 aliphatic carbocycles. The van der Waals surface area contributed by atoms with Crippen LogP contribution in [0.15, 0.2) is 54.6 Å². The lowest BCUT2D eigenvalue weighted by Gasteiger charge is -2.23. The molecule has 1 atom stereocenters. The molecule has 128 valence electrons. The molecule has 0 fully saturated rings. The summed E-state index contributed by atoms with van der Waals surface area (Å²) in [5, 5.41) is 12.9. The normalized spacial score (nSPS) is 14.0. The minimum absolute atomic E-state index is 0.0160. The van der Waals surface area contributed by atoms with E-state index in [0.29, 0.717) is 5.56 Å². The fraction of sp³-hybridized carbons (Fsp3) is 0.278. The number of benzene rings is 2. The van der Waals surface area contributed by atoms with Crippen molar-refractivity contribution in [3.8, 4) is 0 Å². The van der Waals surface area contributed by atoms with Crippen molar-refractivity contribution in [3.63, 3.8) is 0 Å². The second kappa shape index (κ2) is 7.05. The summed E-state index contributed by atoms with van der Waals surface area (Å²) in [7, 11) is 0. The number of anilines is 1. The lowest BCUT2D eigenvalue weighted by molar-refractivity contribution is -0.127. The summed E-state index contributed by atoms with van der Waals surface area (Å²) in [4.78, 5) is 12.2. The number of halogens is 3. The largest absolute Gasteiger partial charge is 0.393 e. The number of carbonyl (C=O) groups excluding carboxylic acids is 1. The summed E-state index contributed by atoms with van der Waals surface area (Å²) in [6.45, 7) is 1.49. The number of aliphatic hydroxyl groups is 1. The van der Waals surface area contributed by atoms with Crippen molar-refractivity contribution in [3.05, 3.63) is 65.7 Å². The Hall–Kier alpha value is -2.34. The Kier molecular flexibility index (Phi) is 5.29. The van der Waals surface area contributed by atoms with E-state index in [0.717, 1.165) is 0 Å². The van der Waals surface area contributed by atoms with Crippen molar-refractivity contribution in [2.24, 2.45) is 0 Å². The summed E-state index contributed by atoms with van der Waals surface area (Å²) >= 11 is 0. The lowest BCUT2D eigenvalue weighted by atomic mass is 9.92. The van der Waals surface area contributed by atoms with Crippen LogP contribution >= 0.6 is 0 Å². The van der Waals surface area contributed by atoms with E-state index in [1.165, 1.54) is 25.1 Å². The Morgan fingerprint density at radius 3 is 2.25 bits per heavy atom. The highest BCUT2D eigenvalue weighted by atomic mass is 19.4. The van der Waals surface area contributed by atoms with Gasteiger partial charge in [-0.3, -0.25) is 4.79 Å². The van der Waals surface area contributed by atoms with Crippen LogP contribution in [0.1, 0.15) is 24.5 Å². The molecule has 0 heterocycles. The van der Waals surface area contributed by atoms with Gasteiger partial charge in [0.15, 0.2) is 0 Å². The Labute approximate surface area is 138 Å². The van der Waals surface area contributed by atoms with Crippen LogP contribution in [-0.4, -0.2) is 17.2 Å². The molecule has 0 radical (unpaired) electrons. The molecule has 2 aromatic carbocycles. The fourth-order valence-corrected chi connectivity index (χ4v) is 2.42. The second-order valence-electron chi connectivity index (χ2n) is 5.81. The van der Waals surface area contributed by atoms with Crippen LogP contribution in [0.2, 0.25) is 0 Å². The van der Waals surface area contributed by atoms with Crippen LogP contribution in [-0.2, 0) is 16.8 Å². The Balaban J connectivity index is 2.10. The first kappa shape index (κ1) is 18.0. The third-order valence-electron chi connectivity index (χ3n) is 3.58. The van der Waals surface area contributed by atoms with E-state index in [2.05, 4.69) is 5.32 Å². The van der Waals surface area contributed by atoms with E-state index in [9.17, 15) is 23.1 Å². The zero-order valence-electron chi connectivity index (χ0n) is 13.1. The number of hydrogen-bond acceptors (Lipinski definition) is 2. The van der Waals surface area contributed by atoms with Gasteiger partial charge in [-0.05, 0) is 24.1 Å². The van der Waals surface area contributed by atoms with Crippen LogP contribution in [0.5, 0.6) is 0 Å². The first-order valence-corrected chi connectivity index (χ1v) is 7.40. The SMILES string of the molecule is CC(O)(CC(=O)Nc1ccccc1CC(F)(F)F)c1ccccc1. The van der Waals surface area contributed by atoms with Gasteiger partial charge in [0.1, 0.15) is 0 Å². The molecule has 0 spiro atoms. The minimum atomic E-state index is -4.36. The molecular weight excluding hydrogens is 319 g/mol. The van der Waals surface area contributed by atoms with Gasteiger partial charge in [0.05, 0.1) is 18.4 Å². The molecule has 0 saturated carbocycles. The summed E-state index contributed by atoms with van der Waals surface area (Å²) < 4.78 is 37.8. The monoisotopic (exact) mass is 337 g/mol. The number of nitrogens with one attached hydrogen (secondary N) is 1. The van der Waals surface area contributed by atoms with Crippen LogP contribution in [0.3, 0.4) is 0 Å². The van der Waals surface area contributed by atoms with Crippen molar-refractivity contribution in [2.75, 3.05) is 5.32 Å².